The lowest BCUT2D eigenvalue weighted by Crippen LogP contribution is -2.67. The van der Waals surface area contributed by atoms with Gasteiger partial charge in [0, 0.05) is 10.8 Å². The van der Waals surface area contributed by atoms with Crippen molar-refractivity contribution in [2.24, 2.45) is 70.0 Å². The maximum absolute atomic E-state index is 6.64. The van der Waals surface area contributed by atoms with E-state index in [2.05, 4.69) is 0 Å². The molecule has 0 aromatic heterocycles. The molecule has 2 aliphatic heterocycles. The van der Waals surface area contributed by atoms with Gasteiger partial charge in [-0.25, -0.2) is 0 Å². The normalized spacial score (nSPS) is 85.1. The lowest BCUT2D eigenvalue weighted by Gasteiger charge is -2.65. The number of rotatable bonds is 0. The van der Waals surface area contributed by atoms with Crippen LogP contribution in [0.2, 0.25) is 0 Å². The van der Waals surface area contributed by atoms with Crippen LogP contribution in [-0.4, -0.2) is 25.4 Å². The summed E-state index contributed by atoms with van der Waals surface area (Å²) in [6.07, 6.45) is 7.09. The Labute approximate surface area is 131 Å². The van der Waals surface area contributed by atoms with E-state index in [0.29, 0.717) is 23.0 Å². The fourth-order valence-electron chi connectivity index (χ4n) is 12.4. The second-order valence-electron chi connectivity index (χ2n) is 10.7. The molecular weight excluding hydrogens is 272 g/mol. The van der Waals surface area contributed by atoms with E-state index >= 15 is 0 Å². The minimum absolute atomic E-state index is 0.607. The summed E-state index contributed by atoms with van der Waals surface area (Å²) >= 11 is 0. The SMILES string of the molecule is C1CC2C3C1OCC14C5C6CCC7OCC18C2C(C5C8C76)C34. The van der Waals surface area contributed by atoms with Crippen LogP contribution in [0.25, 0.3) is 0 Å². The van der Waals surface area contributed by atoms with Crippen LogP contribution in [0.5, 0.6) is 0 Å². The van der Waals surface area contributed by atoms with Gasteiger partial charge in [-0.05, 0) is 84.9 Å². The Morgan fingerprint density at radius 2 is 1.05 bits per heavy atom. The molecule has 2 spiro atoms. The second kappa shape index (κ2) is 2.65. The summed E-state index contributed by atoms with van der Waals surface area (Å²) in [5.74, 6) is 10.6. The molecule has 2 heterocycles. The summed E-state index contributed by atoms with van der Waals surface area (Å²) in [6, 6.07) is 0. The van der Waals surface area contributed by atoms with Crippen LogP contribution < -0.4 is 0 Å². The minimum Gasteiger partial charge on any atom is -0.377 e. The standard InChI is InChI=1S/C20H24O2/c1-3-9-11-7(1)15-13-14-16-8-2-4-10-12(8)18(14)19(15,5-22-10)20(16,6-21-9)17(11)13/h7-18H,1-6H2. The highest BCUT2D eigenvalue weighted by atomic mass is 16.5. The third-order valence-corrected chi connectivity index (χ3v) is 11.6. The molecule has 0 N–H and O–H groups in total. The van der Waals surface area contributed by atoms with Crippen LogP contribution in [0.15, 0.2) is 0 Å². The summed E-state index contributed by atoms with van der Waals surface area (Å²) in [6.45, 7) is 2.29. The molecule has 14 unspecified atom stereocenters. The Morgan fingerprint density at radius 1 is 0.545 bits per heavy atom. The Hall–Kier alpha value is -0.0800. The fraction of sp³-hybridized carbons (Fsp3) is 1.00. The molecule has 2 nitrogen and oxygen atoms in total. The van der Waals surface area contributed by atoms with Crippen molar-refractivity contribution < 1.29 is 9.47 Å². The van der Waals surface area contributed by atoms with Crippen molar-refractivity contribution in [1.29, 1.82) is 0 Å². The van der Waals surface area contributed by atoms with Crippen molar-refractivity contribution in [3.8, 4) is 0 Å². The molecule has 0 aromatic carbocycles. The van der Waals surface area contributed by atoms with Gasteiger partial charge < -0.3 is 9.47 Å². The van der Waals surface area contributed by atoms with Gasteiger partial charge in [0.1, 0.15) is 0 Å². The molecular formula is C20H24O2. The van der Waals surface area contributed by atoms with E-state index in [-0.39, 0.29) is 0 Å². The van der Waals surface area contributed by atoms with E-state index < -0.39 is 0 Å². The largest absolute Gasteiger partial charge is 0.377 e. The summed E-state index contributed by atoms with van der Waals surface area (Å²) in [7, 11) is 0. The monoisotopic (exact) mass is 296 g/mol. The highest BCUT2D eigenvalue weighted by Gasteiger charge is 2.98. The zero-order chi connectivity index (χ0) is 13.6. The molecule has 14 atom stereocenters. The van der Waals surface area contributed by atoms with Gasteiger partial charge in [0.15, 0.2) is 0 Å². The van der Waals surface area contributed by atoms with Gasteiger partial charge in [-0.3, -0.25) is 0 Å². The third kappa shape index (κ3) is 0.624. The maximum Gasteiger partial charge on any atom is 0.0609 e. The number of ether oxygens (including phenoxy) is 2. The van der Waals surface area contributed by atoms with Crippen LogP contribution in [0, 0.1) is 70.0 Å². The predicted molar refractivity (Wildman–Crippen MR) is 77.7 cm³/mol. The molecule has 0 aromatic rings. The van der Waals surface area contributed by atoms with Gasteiger partial charge in [-0.1, -0.05) is 0 Å². The van der Waals surface area contributed by atoms with Crippen LogP contribution in [-0.2, 0) is 9.47 Å². The predicted octanol–water partition coefficient (Wildman–Crippen LogP) is 2.57. The minimum atomic E-state index is 0.607. The van der Waals surface area contributed by atoms with Crippen molar-refractivity contribution in [3.63, 3.8) is 0 Å². The van der Waals surface area contributed by atoms with Gasteiger partial charge in [0.05, 0.1) is 25.4 Å². The topological polar surface area (TPSA) is 18.5 Å². The van der Waals surface area contributed by atoms with Crippen LogP contribution in [0.1, 0.15) is 25.7 Å². The smallest absolute Gasteiger partial charge is 0.0609 e. The second-order valence-corrected chi connectivity index (χ2v) is 10.7. The molecule has 0 radical (unpaired) electrons. The molecule has 8 saturated carbocycles. The van der Waals surface area contributed by atoms with Crippen molar-refractivity contribution in [1.82, 2.24) is 0 Å². The van der Waals surface area contributed by atoms with Crippen LogP contribution in [0.3, 0.4) is 0 Å². The van der Waals surface area contributed by atoms with E-state index in [4.69, 9.17) is 9.47 Å². The van der Waals surface area contributed by atoms with Crippen molar-refractivity contribution in [2.75, 3.05) is 13.2 Å². The van der Waals surface area contributed by atoms with Gasteiger partial charge in [-0.15, -0.1) is 0 Å². The first-order valence-corrected chi connectivity index (χ1v) is 10.1. The highest BCUT2D eigenvalue weighted by molar-refractivity contribution is 5.44. The Bertz CT molecular complexity index is 588. The van der Waals surface area contributed by atoms with E-state index in [1.54, 1.807) is 0 Å². The van der Waals surface area contributed by atoms with Gasteiger partial charge in [0.25, 0.3) is 0 Å². The molecule has 10 aliphatic rings. The average Bonchev–Trinajstić information content (AvgIpc) is 3.29. The van der Waals surface area contributed by atoms with Crippen molar-refractivity contribution in [2.45, 2.75) is 37.9 Å². The zero-order valence-corrected chi connectivity index (χ0v) is 13.0. The lowest BCUT2D eigenvalue weighted by atomic mass is 9.43. The number of hydrogen-bond donors (Lipinski definition) is 0. The third-order valence-electron chi connectivity index (χ3n) is 11.6. The van der Waals surface area contributed by atoms with E-state index in [1.807, 2.05) is 0 Å². The summed E-state index contributed by atoms with van der Waals surface area (Å²) in [5, 5.41) is 0. The lowest BCUT2D eigenvalue weighted by molar-refractivity contribution is -0.275. The van der Waals surface area contributed by atoms with E-state index in [0.717, 1.165) is 72.4 Å². The van der Waals surface area contributed by atoms with E-state index in [1.165, 1.54) is 25.7 Å². The zero-order valence-electron chi connectivity index (χ0n) is 13.0. The Morgan fingerprint density at radius 3 is 1.55 bits per heavy atom. The number of hydrogen-bond acceptors (Lipinski definition) is 2. The molecule has 22 heavy (non-hydrogen) atoms. The summed E-state index contributed by atoms with van der Waals surface area (Å²) in [5.41, 5.74) is 1.21. The Kier molecular flexibility index (Phi) is 1.29. The Balaban J connectivity index is 1.41. The molecule has 0 amide bonds. The molecule has 2 saturated heterocycles. The van der Waals surface area contributed by atoms with Gasteiger partial charge >= 0.3 is 0 Å². The molecule has 2 heteroatoms. The molecule has 8 bridgehead atoms. The van der Waals surface area contributed by atoms with E-state index in [9.17, 15) is 0 Å². The summed E-state index contributed by atoms with van der Waals surface area (Å²) in [4.78, 5) is 0. The molecule has 10 fully saturated rings. The maximum atomic E-state index is 6.64. The van der Waals surface area contributed by atoms with Crippen molar-refractivity contribution in [3.05, 3.63) is 0 Å². The van der Waals surface area contributed by atoms with Gasteiger partial charge in [0.2, 0.25) is 0 Å². The van der Waals surface area contributed by atoms with Crippen molar-refractivity contribution >= 4 is 0 Å². The quantitative estimate of drug-likeness (QED) is 0.684. The summed E-state index contributed by atoms with van der Waals surface area (Å²) < 4.78 is 13.3. The highest BCUT2D eigenvalue weighted by Crippen LogP contribution is 2.98. The first-order chi connectivity index (χ1) is 10.9. The molecule has 10 rings (SSSR count). The fourth-order valence-corrected chi connectivity index (χ4v) is 12.4. The molecule has 116 valence electrons. The van der Waals surface area contributed by atoms with Crippen LogP contribution in [0.4, 0.5) is 0 Å². The average molecular weight is 296 g/mol. The van der Waals surface area contributed by atoms with Crippen LogP contribution >= 0.6 is 0 Å². The molecule has 8 aliphatic carbocycles. The first kappa shape index (κ1) is 10.7. The first-order valence-electron chi connectivity index (χ1n) is 10.1. The van der Waals surface area contributed by atoms with Gasteiger partial charge in [-0.2, -0.15) is 0 Å².